The Balaban J connectivity index is 0.817. The lowest BCUT2D eigenvalue weighted by Crippen LogP contribution is -2.70. The predicted molar refractivity (Wildman–Crippen MR) is 377 cm³/mol. The Bertz CT molecular complexity index is 3980. The average Bonchev–Trinajstić information content (AvgIpc) is 0.747. The first-order valence-electron chi connectivity index (χ1n) is 36.5. The first kappa shape index (κ1) is 72.6. The van der Waals surface area contributed by atoms with Gasteiger partial charge in [-0.05, 0) is 22.3 Å². The van der Waals surface area contributed by atoms with Gasteiger partial charge in [-0.15, -0.1) is 0 Å². The molecule has 8 aliphatic rings. The molecule has 8 aromatic rings. The first-order chi connectivity index (χ1) is 52.3. The molecule has 8 heterocycles. The molecule has 0 bridgehead atoms. The molecule has 13 unspecified atom stereocenters. The number of hydrogen-bond donors (Lipinski definition) is 0. The molecule has 106 heavy (non-hydrogen) atoms. The number of ether oxygens (including phenoxy) is 21. The van der Waals surface area contributed by atoms with Crippen molar-refractivity contribution in [2.75, 3.05) is 40.1 Å². The molecule has 8 fully saturated rings. The van der Waals surface area contributed by atoms with Crippen LogP contribution < -0.4 is 0 Å². The summed E-state index contributed by atoms with van der Waals surface area (Å²) in [5.41, 5.74) is 6.73. The van der Waals surface area contributed by atoms with E-state index in [1.165, 1.54) is 7.11 Å². The Morgan fingerprint density at radius 1 is 0.302 bits per heavy atom. The van der Waals surface area contributed by atoms with Crippen molar-refractivity contribution in [1.82, 2.24) is 0 Å². The Kier molecular flexibility index (Phi) is 23.8. The summed E-state index contributed by atoms with van der Waals surface area (Å²) in [5, 5.41) is 0. The molecule has 24 atom stereocenters. The Morgan fingerprint density at radius 3 is 0.868 bits per heavy atom. The molecule has 22 heteroatoms. The first-order valence-corrected chi connectivity index (χ1v) is 36.5. The van der Waals surface area contributed by atoms with Gasteiger partial charge in [0, 0.05) is 28.2 Å². The van der Waals surface area contributed by atoms with Gasteiger partial charge < -0.3 is 99.5 Å². The molecule has 0 aliphatic carbocycles. The van der Waals surface area contributed by atoms with Gasteiger partial charge in [0.05, 0.1) is 66.1 Å². The Hall–Kier alpha value is -7.57. The van der Waals surface area contributed by atoms with E-state index in [0.29, 0.717) is 0 Å². The molecule has 8 aromatic carbocycles. The molecular weight excluding hydrogens is 1360 g/mol. The zero-order valence-corrected chi connectivity index (χ0v) is 58.8. The van der Waals surface area contributed by atoms with Crippen LogP contribution in [-0.4, -0.2) is 163 Å². The van der Waals surface area contributed by atoms with Crippen LogP contribution in [0.4, 0.5) is 0 Å². The highest BCUT2D eigenvalue weighted by Crippen LogP contribution is 2.47. The quantitative estimate of drug-likeness (QED) is 0.0487. The van der Waals surface area contributed by atoms with E-state index in [9.17, 15) is 4.79 Å². The zero-order valence-electron chi connectivity index (χ0n) is 58.8. The van der Waals surface area contributed by atoms with E-state index in [0.717, 1.165) is 44.5 Å². The lowest BCUT2D eigenvalue weighted by Gasteiger charge is -2.55. The summed E-state index contributed by atoms with van der Waals surface area (Å²) in [7, 11) is 1.28. The molecule has 0 N–H and O–H groups in total. The second kappa shape index (κ2) is 34.8. The van der Waals surface area contributed by atoms with Crippen LogP contribution in [0.15, 0.2) is 243 Å². The van der Waals surface area contributed by atoms with Gasteiger partial charge in [0.25, 0.3) is 0 Å². The van der Waals surface area contributed by atoms with Gasteiger partial charge in [-0.2, -0.15) is 0 Å². The smallest absolute Gasteiger partial charge is 0.331 e. The zero-order chi connectivity index (χ0) is 71.6. The summed E-state index contributed by atoms with van der Waals surface area (Å²) in [6, 6.07) is 78.3. The molecular formula is C84H88O22. The van der Waals surface area contributed by atoms with Crippen LogP contribution in [-0.2, 0) is 131 Å². The number of esters is 1. The summed E-state index contributed by atoms with van der Waals surface area (Å²) in [4.78, 5) is 13.3. The minimum Gasteiger partial charge on any atom is -0.467 e. The summed E-state index contributed by atoms with van der Waals surface area (Å²) >= 11 is 0. The second-order valence-corrected chi connectivity index (χ2v) is 27.5. The topological polar surface area (TPSA) is 211 Å². The summed E-state index contributed by atoms with van der Waals surface area (Å²) in [6.45, 7) is 2.24. The van der Waals surface area contributed by atoms with E-state index >= 15 is 0 Å². The maximum Gasteiger partial charge on any atom is 0.331 e. The normalized spacial score (nSPS) is 34.2. The third-order valence-corrected chi connectivity index (χ3v) is 20.4. The van der Waals surface area contributed by atoms with Crippen molar-refractivity contribution in [3.63, 3.8) is 0 Å². The molecule has 0 radical (unpaired) electrons. The molecule has 16 rings (SSSR count). The molecule has 0 amide bonds. The van der Waals surface area contributed by atoms with Crippen LogP contribution in [0.25, 0.3) is 0 Å². The molecule has 0 aromatic heterocycles. The van der Waals surface area contributed by atoms with Crippen molar-refractivity contribution < 1.29 is 104 Å². The van der Waals surface area contributed by atoms with Crippen molar-refractivity contribution in [3.05, 3.63) is 287 Å². The summed E-state index contributed by atoms with van der Waals surface area (Å²) in [6.07, 6.45) is -22.9. The van der Waals surface area contributed by atoms with Crippen molar-refractivity contribution >= 4 is 5.97 Å². The minimum atomic E-state index is -1.49. The maximum atomic E-state index is 13.3. The third-order valence-electron chi connectivity index (χ3n) is 20.4. The van der Waals surface area contributed by atoms with Crippen molar-refractivity contribution in [2.24, 2.45) is 5.92 Å². The highest BCUT2D eigenvalue weighted by molar-refractivity contribution is 5.70. The fraction of sp³-hybridized carbons (Fsp3) is 0.417. The largest absolute Gasteiger partial charge is 0.467 e. The van der Waals surface area contributed by atoms with Crippen LogP contribution in [0.5, 0.6) is 0 Å². The Morgan fingerprint density at radius 2 is 0.557 bits per heavy atom. The maximum absolute atomic E-state index is 13.3. The fourth-order valence-electron chi connectivity index (χ4n) is 15.0. The molecule has 22 nitrogen and oxygen atoms in total. The monoisotopic (exact) mass is 1450 g/mol. The van der Waals surface area contributed by atoms with E-state index in [-0.39, 0.29) is 52.9 Å². The van der Waals surface area contributed by atoms with Crippen molar-refractivity contribution in [1.29, 1.82) is 0 Å². The van der Waals surface area contributed by atoms with E-state index in [4.69, 9.17) is 99.5 Å². The van der Waals surface area contributed by atoms with Gasteiger partial charge in [-0.3, -0.25) is 0 Å². The van der Waals surface area contributed by atoms with Gasteiger partial charge >= 0.3 is 5.97 Å². The minimum absolute atomic E-state index is 0.0114. The van der Waals surface area contributed by atoms with E-state index in [2.05, 4.69) is 0 Å². The van der Waals surface area contributed by atoms with E-state index in [1.807, 2.05) is 250 Å². The SMILES string of the molecule is COC(=O)COC1OC2COC(c3ccccc3)O[C@@H]2[C@H](OCc2ccccc2)C1O[C@@H]1OC2COC(c3ccccc3)O[C@@H]2[C@H](OCc2ccccc2)C1O[C@@H]1OC2COC(c3ccccc3)O[C@@H]2[C@H](OCc2ccccc2)C1O[C@@H]1OC2COC(c3ccccc3)O[C@@H]2[C@H](OCc2ccccc2)C1C. The van der Waals surface area contributed by atoms with Crippen LogP contribution >= 0.6 is 0 Å². The van der Waals surface area contributed by atoms with Gasteiger partial charge in [0.15, 0.2) is 50.3 Å². The number of carbonyl (C=O) groups is 1. The standard InChI is InChI=1S/C84H88O22/c1-52-66(87-43-53-27-11-3-12-28-53)67-61(47-91-78(100-67)57-35-19-7-20-36-57)96-77(52)104-75-72(89-45-55-31-15-5-16-32-55)69-63(49-93-80(102-69)59-39-23-9-24-40-59)98-83(75)106-76-73(90-46-56-33-17-6-18-34-56)70-64(50-94-81(103-70)60-41-25-10-26-42-60)99-84(76)105-74-71(88-44-54-29-13-4-14-30-54)68-62(97-82(74)95-51-65(85)86-2)48-92-79(101-68)58-37-21-8-22-38-58/h3-42,52,61-64,66-84H,43-51H2,1-2H3/t52?,61?,62?,63?,64?,66-,67+,68+,69+,70+,71+,72+,73+,74?,75?,76?,77+,78?,79?,80?,81?,82?,83+,84+/m1/s1. The molecule has 8 aliphatic heterocycles. The number of benzene rings is 8. The highest BCUT2D eigenvalue weighted by atomic mass is 16.8. The Labute approximate surface area is 615 Å². The van der Waals surface area contributed by atoms with Gasteiger partial charge in [0.2, 0.25) is 0 Å². The summed E-state index contributed by atoms with van der Waals surface area (Å²) < 4.78 is 147. The van der Waals surface area contributed by atoms with Crippen LogP contribution in [0.2, 0.25) is 0 Å². The number of carbonyl (C=O) groups excluding carboxylic acids is 1. The number of methoxy groups -OCH3 is 1. The van der Waals surface area contributed by atoms with Crippen LogP contribution in [0.1, 0.15) is 76.6 Å². The summed E-state index contributed by atoms with van der Waals surface area (Å²) in [5.74, 6) is -1.22. The van der Waals surface area contributed by atoms with Crippen molar-refractivity contribution in [3.8, 4) is 0 Å². The molecule has 8 saturated heterocycles. The lowest BCUT2D eigenvalue weighted by molar-refractivity contribution is -0.438. The van der Waals surface area contributed by atoms with Crippen LogP contribution in [0.3, 0.4) is 0 Å². The molecule has 0 spiro atoms. The fourth-order valence-corrected chi connectivity index (χ4v) is 15.0. The van der Waals surface area contributed by atoms with E-state index in [1.54, 1.807) is 0 Å². The van der Waals surface area contributed by atoms with Crippen molar-refractivity contribution in [2.45, 2.75) is 175 Å². The van der Waals surface area contributed by atoms with Gasteiger partial charge in [-0.25, -0.2) is 4.79 Å². The molecule has 556 valence electrons. The molecule has 0 saturated carbocycles. The predicted octanol–water partition coefficient (Wildman–Crippen LogP) is 11.7. The second-order valence-electron chi connectivity index (χ2n) is 27.5. The lowest BCUT2D eigenvalue weighted by atomic mass is 9.90. The number of rotatable bonds is 25. The third kappa shape index (κ3) is 17.0. The number of hydrogen-bond acceptors (Lipinski definition) is 22. The van der Waals surface area contributed by atoms with E-state index < -0.39 is 160 Å². The highest BCUT2D eigenvalue weighted by Gasteiger charge is 2.61. The van der Waals surface area contributed by atoms with Crippen LogP contribution in [0, 0.1) is 5.92 Å². The number of fused-ring (bicyclic) bond motifs is 4. The van der Waals surface area contributed by atoms with Gasteiger partial charge in [0.1, 0.15) is 92.1 Å². The van der Waals surface area contributed by atoms with Gasteiger partial charge in [-0.1, -0.05) is 250 Å². The average molecular weight is 1450 g/mol.